The molecule has 1 saturated heterocycles. The summed E-state index contributed by atoms with van der Waals surface area (Å²) in [5.74, 6) is -2.59. The number of nitrogens with one attached hydrogen (secondary N) is 3. The van der Waals surface area contributed by atoms with Gasteiger partial charge in [-0.2, -0.15) is 0 Å². The maximum atomic E-state index is 14.2. The van der Waals surface area contributed by atoms with Crippen LogP contribution in [0.25, 0.3) is 5.57 Å². The molecule has 44 heavy (non-hydrogen) atoms. The molecular weight excluding hydrogens is 558 g/mol. The van der Waals surface area contributed by atoms with Gasteiger partial charge in [0.2, 0.25) is 17.6 Å². The summed E-state index contributed by atoms with van der Waals surface area (Å²) in [6.07, 6.45) is 2.79. The van der Waals surface area contributed by atoms with Gasteiger partial charge in [-0.1, -0.05) is 98.2 Å². The third kappa shape index (κ3) is 8.70. The van der Waals surface area contributed by atoms with Crippen molar-refractivity contribution < 1.29 is 24.0 Å². The van der Waals surface area contributed by atoms with E-state index in [9.17, 15) is 24.0 Å². The number of nitrogens with two attached hydrogens (primary N) is 1. The zero-order valence-corrected chi connectivity index (χ0v) is 27.3. The number of likely N-dealkylation sites (tertiary alicyclic amines) is 1. The van der Waals surface area contributed by atoms with Gasteiger partial charge in [0.1, 0.15) is 12.1 Å². The summed E-state index contributed by atoms with van der Waals surface area (Å²) < 4.78 is 0. The van der Waals surface area contributed by atoms with Crippen molar-refractivity contribution in [2.75, 3.05) is 6.54 Å². The van der Waals surface area contributed by atoms with Gasteiger partial charge in [0, 0.05) is 6.54 Å². The maximum Gasteiger partial charge on any atom is 0.315 e. The van der Waals surface area contributed by atoms with Crippen LogP contribution in [-0.2, 0) is 19.2 Å². The van der Waals surface area contributed by atoms with Gasteiger partial charge in [0.15, 0.2) is 0 Å². The Bertz CT molecular complexity index is 1230. The molecule has 0 radical (unpaired) electrons. The first kappa shape index (κ1) is 34.8. The third-order valence-corrected chi connectivity index (χ3v) is 8.86. The number of primary amides is 1. The average molecular weight is 610 g/mol. The molecule has 1 saturated carbocycles. The van der Waals surface area contributed by atoms with Crippen molar-refractivity contribution in [3.8, 4) is 0 Å². The summed E-state index contributed by atoms with van der Waals surface area (Å²) in [7, 11) is 0. The van der Waals surface area contributed by atoms with E-state index in [1.165, 1.54) is 4.90 Å². The van der Waals surface area contributed by atoms with Crippen molar-refractivity contribution in [1.82, 2.24) is 20.9 Å². The zero-order chi connectivity index (χ0) is 32.9. The fraction of sp³-hybridized carbons (Fsp3) is 0.618. The lowest BCUT2D eigenvalue weighted by atomic mass is 9.84. The molecule has 5 amide bonds. The van der Waals surface area contributed by atoms with Crippen LogP contribution < -0.4 is 21.7 Å². The van der Waals surface area contributed by atoms with Crippen LogP contribution in [0.15, 0.2) is 36.9 Å². The Balaban J connectivity index is 1.83. The Morgan fingerprint density at radius 1 is 0.955 bits per heavy atom. The summed E-state index contributed by atoms with van der Waals surface area (Å²) in [4.78, 5) is 67.4. The van der Waals surface area contributed by atoms with Gasteiger partial charge in [0.25, 0.3) is 5.91 Å². The lowest BCUT2D eigenvalue weighted by Crippen LogP contribution is -2.61. The quantitative estimate of drug-likeness (QED) is 0.252. The minimum absolute atomic E-state index is 0.0300. The fourth-order valence-electron chi connectivity index (χ4n) is 6.06. The van der Waals surface area contributed by atoms with E-state index in [2.05, 4.69) is 22.5 Å². The molecule has 1 heterocycles. The van der Waals surface area contributed by atoms with Crippen LogP contribution in [0.3, 0.4) is 0 Å². The van der Waals surface area contributed by atoms with Crippen molar-refractivity contribution >= 4 is 35.1 Å². The summed E-state index contributed by atoms with van der Waals surface area (Å²) >= 11 is 0. The molecule has 10 heteroatoms. The summed E-state index contributed by atoms with van der Waals surface area (Å²) in [6.45, 7) is 18.1. The average Bonchev–Trinajstić information content (AvgIpc) is 3.65. The van der Waals surface area contributed by atoms with Gasteiger partial charge in [-0.3, -0.25) is 19.2 Å². The van der Waals surface area contributed by atoms with Crippen LogP contribution in [0, 0.1) is 29.1 Å². The predicted molar refractivity (Wildman–Crippen MR) is 171 cm³/mol. The van der Waals surface area contributed by atoms with Gasteiger partial charge in [-0.25, -0.2) is 4.79 Å². The Labute approximate surface area is 262 Å². The first-order valence-corrected chi connectivity index (χ1v) is 15.8. The molecular formula is C34H51N5O5. The molecule has 2 aliphatic rings. The van der Waals surface area contributed by atoms with E-state index < -0.39 is 47.2 Å². The van der Waals surface area contributed by atoms with Gasteiger partial charge < -0.3 is 26.6 Å². The number of nitrogens with zero attached hydrogens (tertiary/aromatic N) is 1. The number of benzene rings is 1. The summed E-state index contributed by atoms with van der Waals surface area (Å²) in [5.41, 5.74) is 6.28. The Hall–Kier alpha value is -3.69. The van der Waals surface area contributed by atoms with Gasteiger partial charge in [-0.05, 0) is 53.1 Å². The van der Waals surface area contributed by atoms with E-state index in [-0.39, 0.29) is 35.6 Å². The van der Waals surface area contributed by atoms with Gasteiger partial charge in [0.05, 0.1) is 12.1 Å². The summed E-state index contributed by atoms with van der Waals surface area (Å²) in [5, 5.41) is 8.70. The van der Waals surface area contributed by atoms with Crippen molar-refractivity contribution in [3.63, 3.8) is 0 Å². The highest BCUT2D eigenvalue weighted by Crippen LogP contribution is 2.35. The Kier molecular flexibility index (Phi) is 11.4. The highest BCUT2D eigenvalue weighted by atomic mass is 16.2. The van der Waals surface area contributed by atoms with Crippen LogP contribution >= 0.6 is 0 Å². The molecule has 1 aromatic carbocycles. The number of amides is 5. The number of hydrogen-bond acceptors (Lipinski definition) is 5. The summed E-state index contributed by atoms with van der Waals surface area (Å²) in [6, 6.07) is 5.90. The normalized spacial score (nSPS) is 20.5. The number of ketones is 1. The molecule has 2 unspecified atom stereocenters. The molecule has 0 spiro atoms. The second-order valence-electron chi connectivity index (χ2n) is 14.2. The van der Waals surface area contributed by atoms with E-state index >= 15 is 0 Å². The number of rotatable bonds is 13. The lowest BCUT2D eigenvalue weighted by molar-refractivity contribution is -0.144. The molecule has 0 aromatic heterocycles. The number of carbonyl (C=O) groups excluding carboxylic acids is 5. The molecule has 1 aromatic rings. The molecule has 10 nitrogen and oxygen atoms in total. The standard InChI is InChI=1S/C34H51N5O5/c1-19(2)24-16-17-39(27(24)31(42)36-25(18-22-14-15-22)28(40)30(35)41)32(43)29(34(6,7)8)38-33(44)37-26(20(3)4)21(5)23-12-10-9-11-13-23/h9-13,19-20,22,24-27,29H,5,14-18H2,1-4,6-8H3,(H2,35,41)(H,36,42)(H2,37,38,44)/t24?,25?,26-,27-,29+/m0/s1. The van der Waals surface area contributed by atoms with E-state index in [1.54, 1.807) is 0 Å². The minimum Gasteiger partial charge on any atom is -0.363 e. The zero-order valence-electron chi connectivity index (χ0n) is 27.3. The SMILES string of the molecule is C=C(c1ccccc1)[C@@H](NC(=O)N[C@H](C(=O)N1CCC(C(C)C)[C@H]1C(=O)NC(CC1CC1)C(=O)C(N)=O)C(C)(C)C)C(C)C. The van der Waals surface area contributed by atoms with E-state index in [4.69, 9.17) is 5.73 Å². The Morgan fingerprint density at radius 2 is 1.57 bits per heavy atom. The predicted octanol–water partition coefficient (Wildman–Crippen LogP) is 3.65. The number of carbonyl (C=O) groups is 5. The highest BCUT2D eigenvalue weighted by molar-refractivity contribution is 6.37. The largest absolute Gasteiger partial charge is 0.363 e. The number of hydrogen-bond donors (Lipinski definition) is 4. The molecule has 5 atom stereocenters. The topological polar surface area (TPSA) is 151 Å². The number of Topliss-reactive ketones (excluding diaryl/α,β-unsaturated/α-hetero) is 1. The van der Waals surface area contributed by atoms with Crippen LogP contribution in [0.4, 0.5) is 4.79 Å². The molecule has 3 rings (SSSR count). The van der Waals surface area contributed by atoms with Crippen LogP contribution in [0.5, 0.6) is 0 Å². The van der Waals surface area contributed by atoms with Crippen molar-refractivity contribution in [1.29, 1.82) is 0 Å². The maximum absolute atomic E-state index is 14.2. The van der Waals surface area contributed by atoms with Crippen LogP contribution in [0.2, 0.25) is 0 Å². The van der Waals surface area contributed by atoms with E-state index in [1.807, 2.05) is 78.8 Å². The molecule has 242 valence electrons. The molecule has 5 N–H and O–H groups in total. The minimum atomic E-state index is -1.09. The molecule has 2 fully saturated rings. The first-order chi connectivity index (χ1) is 20.5. The van der Waals surface area contributed by atoms with Gasteiger partial charge >= 0.3 is 6.03 Å². The van der Waals surface area contributed by atoms with Gasteiger partial charge in [-0.15, -0.1) is 0 Å². The number of urea groups is 1. The molecule has 0 bridgehead atoms. The third-order valence-electron chi connectivity index (χ3n) is 8.86. The monoisotopic (exact) mass is 609 g/mol. The highest BCUT2D eigenvalue weighted by Gasteiger charge is 2.48. The Morgan fingerprint density at radius 3 is 2.07 bits per heavy atom. The smallest absolute Gasteiger partial charge is 0.315 e. The van der Waals surface area contributed by atoms with Crippen LogP contribution in [0.1, 0.15) is 79.7 Å². The molecule has 1 aliphatic carbocycles. The lowest BCUT2D eigenvalue weighted by Gasteiger charge is -2.37. The van der Waals surface area contributed by atoms with Crippen molar-refractivity contribution in [2.24, 2.45) is 34.8 Å². The fourth-order valence-corrected chi connectivity index (χ4v) is 6.06. The van der Waals surface area contributed by atoms with Crippen molar-refractivity contribution in [3.05, 3.63) is 42.5 Å². The van der Waals surface area contributed by atoms with E-state index in [0.29, 0.717) is 19.4 Å². The van der Waals surface area contributed by atoms with E-state index in [0.717, 1.165) is 24.0 Å². The van der Waals surface area contributed by atoms with Crippen molar-refractivity contribution in [2.45, 2.75) is 98.3 Å². The second kappa shape index (κ2) is 14.4. The van der Waals surface area contributed by atoms with Crippen LogP contribution in [-0.4, -0.2) is 65.1 Å². The second-order valence-corrected chi connectivity index (χ2v) is 14.2. The first-order valence-electron chi connectivity index (χ1n) is 15.8. The molecule has 1 aliphatic heterocycles.